The van der Waals surface area contributed by atoms with Crippen LogP contribution in [-0.4, -0.2) is 18.6 Å². The average Bonchev–Trinajstić information content (AvgIpc) is 2.67. The van der Waals surface area contributed by atoms with Crippen LogP contribution in [0.1, 0.15) is 12.3 Å². The minimum atomic E-state index is 0.655. The van der Waals surface area contributed by atoms with Crippen molar-refractivity contribution in [3.8, 4) is 5.75 Å². The summed E-state index contributed by atoms with van der Waals surface area (Å²) >= 11 is 0. The third-order valence-electron chi connectivity index (χ3n) is 2.23. The zero-order chi connectivity index (χ0) is 10.7. The number of aryl methyl sites for hydroxylation is 1. The van der Waals surface area contributed by atoms with E-state index in [9.17, 15) is 0 Å². The summed E-state index contributed by atoms with van der Waals surface area (Å²) in [6.45, 7) is 0.655. The second-order valence-corrected chi connectivity index (χ2v) is 3.33. The van der Waals surface area contributed by atoms with Gasteiger partial charge >= 0.3 is 0 Å². The first-order valence-electron chi connectivity index (χ1n) is 4.97. The number of hydrogen-bond acceptors (Lipinski definition) is 4. The number of fused-ring (bicyclic) bond motifs is 1. The highest BCUT2D eigenvalue weighted by Gasteiger charge is 2.05. The van der Waals surface area contributed by atoms with Gasteiger partial charge in [-0.05, 0) is 25.1 Å². The highest BCUT2D eigenvalue weighted by Crippen LogP contribution is 2.21. The number of methoxy groups -OCH3 is 1. The minimum absolute atomic E-state index is 0.655. The largest absolute Gasteiger partial charge is 0.497 e. The van der Waals surface area contributed by atoms with Crippen molar-refractivity contribution in [2.24, 2.45) is 5.73 Å². The molecular formula is C11H14N2O2. The first kappa shape index (κ1) is 9.98. The van der Waals surface area contributed by atoms with Crippen molar-refractivity contribution in [2.75, 3.05) is 13.7 Å². The third kappa shape index (κ3) is 2.10. The smallest absolute Gasteiger partial charge is 0.195 e. The van der Waals surface area contributed by atoms with Crippen molar-refractivity contribution in [2.45, 2.75) is 12.8 Å². The third-order valence-corrected chi connectivity index (χ3v) is 2.23. The van der Waals surface area contributed by atoms with Gasteiger partial charge in [0.05, 0.1) is 7.11 Å². The second-order valence-electron chi connectivity index (χ2n) is 3.33. The molecule has 1 aromatic heterocycles. The van der Waals surface area contributed by atoms with E-state index in [4.69, 9.17) is 14.9 Å². The van der Waals surface area contributed by atoms with Crippen LogP contribution in [0.2, 0.25) is 0 Å². The molecule has 0 aliphatic heterocycles. The standard InChI is InChI=1S/C11H14N2O2/c1-14-8-4-5-10-9(7-8)13-11(15-10)3-2-6-12/h4-5,7H,2-3,6,12H2,1H3. The summed E-state index contributed by atoms with van der Waals surface area (Å²) in [5.74, 6) is 1.53. The van der Waals surface area contributed by atoms with E-state index in [0.717, 1.165) is 35.6 Å². The lowest BCUT2D eigenvalue weighted by Gasteiger charge is -1.95. The molecule has 15 heavy (non-hydrogen) atoms. The summed E-state index contributed by atoms with van der Waals surface area (Å²) < 4.78 is 10.7. The molecule has 0 saturated heterocycles. The highest BCUT2D eigenvalue weighted by atomic mass is 16.5. The molecule has 0 aliphatic rings. The summed E-state index contributed by atoms with van der Waals surface area (Å²) in [7, 11) is 1.64. The van der Waals surface area contributed by atoms with Crippen LogP contribution in [0, 0.1) is 0 Å². The molecule has 0 unspecified atom stereocenters. The van der Waals surface area contributed by atoms with Crippen LogP contribution in [0.15, 0.2) is 22.6 Å². The Bertz CT molecular complexity index is 451. The van der Waals surface area contributed by atoms with Crippen LogP contribution >= 0.6 is 0 Å². The van der Waals surface area contributed by atoms with Crippen molar-refractivity contribution >= 4 is 11.1 Å². The minimum Gasteiger partial charge on any atom is -0.497 e. The van der Waals surface area contributed by atoms with Gasteiger partial charge in [-0.25, -0.2) is 4.98 Å². The van der Waals surface area contributed by atoms with Gasteiger partial charge in [0.25, 0.3) is 0 Å². The normalized spacial score (nSPS) is 10.8. The van der Waals surface area contributed by atoms with E-state index in [1.807, 2.05) is 18.2 Å². The van der Waals surface area contributed by atoms with Gasteiger partial charge in [0.2, 0.25) is 0 Å². The molecule has 2 aromatic rings. The fraction of sp³-hybridized carbons (Fsp3) is 0.364. The average molecular weight is 206 g/mol. The van der Waals surface area contributed by atoms with Crippen LogP contribution < -0.4 is 10.5 Å². The van der Waals surface area contributed by atoms with Gasteiger partial charge in [-0.15, -0.1) is 0 Å². The zero-order valence-electron chi connectivity index (χ0n) is 8.69. The van der Waals surface area contributed by atoms with Gasteiger partial charge in [-0.2, -0.15) is 0 Å². The van der Waals surface area contributed by atoms with Gasteiger partial charge < -0.3 is 14.9 Å². The number of ether oxygens (including phenoxy) is 1. The maximum absolute atomic E-state index is 5.55. The highest BCUT2D eigenvalue weighted by molar-refractivity contribution is 5.74. The van der Waals surface area contributed by atoms with Crippen LogP contribution in [-0.2, 0) is 6.42 Å². The number of rotatable bonds is 4. The van der Waals surface area contributed by atoms with Crippen molar-refractivity contribution in [3.63, 3.8) is 0 Å². The van der Waals surface area contributed by atoms with Crippen LogP contribution in [0.3, 0.4) is 0 Å². The van der Waals surface area contributed by atoms with E-state index >= 15 is 0 Å². The summed E-state index contributed by atoms with van der Waals surface area (Å²) in [4.78, 5) is 4.36. The molecule has 1 heterocycles. The predicted molar refractivity (Wildman–Crippen MR) is 57.9 cm³/mol. The fourth-order valence-corrected chi connectivity index (χ4v) is 1.44. The Balaban J connectivity index is 2.29. The summed E-state index contributed by atoms with van der Waals surface area (Å²) in [5, 5.41) is 0. The topological polar surface area (TPSA) is 61.3 Å². The number of nitrogens with two attached hydrogens (primary N) is 1. The molecule has 80 valence electrons. The lowest BCUT2D eigenvalue weighted by molar-refractivity contribution is 0.415. The number of hydrogen-bond donors (Lipinski definition) is 1. The van der Waals surface area contributed by atoms with Crippen molar-refractivity contribution in [1.29, 1.82) is 0 Å². The SMILES string of the molecule is COc1ccc2oc(CCCN)nc2c1. The number of benzene rings is 1. The summed E-state index contributed by atoms with van der Waals surface area (Å²) in [6, 6.07) is 5.60. The monoisotopic (exact) mass is 206 g/mol. The van der Waals surface area contributed by atoms with Gasteiger partial charge in [-0.3, -0.25) is 0 Å². The molecule has 0 spiro atoms. The van der Waals surface area contributed by atoms with Crippen LogP contribution in [0.25, 0.3) is 11.1 Å². The predicted octanol–water partition coefficient (Wildman–Crippen LogP) is 1.73. The summed E-state index contributed by atoms with van der Waals surface area (Å²) in [6.07, 6.45) is 1.68. The van der Waals surface area contributed by atoms with Crippen molar-refractivity contribution < 1.29 is 9.15 Å². The maximum atomic E-state index is 5.55. The maximum Gasteiger partial charge on any atom is 0.195 e. The van der Waals surface area contributed by atoms with Crippen LogP contribution in [0.4, 0.5) is 0 Å². The lowest BCUT2D eigenvalue weighted by atomic mass is 10.3. The Morgan fingerprint density at radius 1 is 1.47 bits per heavy atom. The molecule has 0 saturated carbocycles. The molecule has 0 aliphatic carbocycles. The Labute approximate surface area is 88.0 Å². The number of oxazole rings is 1. The molecule has 4 heteroatoms. The van der Waals surface area contributed by atoms with Gasteiger partial charge in [0.15, 0.2) is 11.5 Å². The van der Waals surface area contributed by atoms with E-state index in [2.05, 4.69) is 4.98 Å². The fourth-order valence-electron chi connectivity index (χ4n) is 1.44. The Kier molecular flexibility index (Phi) is 2.87. The molecule has 0 radical (unpaired) electrons. The molecule has 2 rings (SSSR count). The molecule has 2 N–H and O–H groups in total. The number of aromatic nitrogens is 1. The Morgan fingerprint density at radius 3 is 3.07 bits per heavy atom. The van der Waals surface area contributed by atoms with E-state index in [0.29, 0.717) is 6.54 Å². The molecule has 4 nitrogen and oxygen atoms in total. The van der Waals surface area contributed by atoms with Gasteiger partial charge in [0.1, 0.15) is 11.3 Å². The van der Waals surface area contributed by atoms with E-state index in [-0.39, 0.29) is 0 Å². The second kappa shape index (κ2) is 4.31. The molecule has 0 bridgehead atoms. The van der Waals surface area contributed by atoms with E-state index in [1.54, 1.807) is 7.11 Å². The molecule has 0 fully saturated rings. The Hall–Kier alpha value is -1.55. The first-order chi connectivity index (χ1) is 7.33. The van der Waals surface area contributed by atoms with Gasteiger partial charge in [-0.1, -0.05) is 0 Å². The van der Waals surface area contributed by atoms with Crippen molar-refractivity contribution in [1.82, 2.24) is 4.98 Å². The van der Waals surface area contributed by atoms with E-state index < -0.39 is 0 Å². The molecule has 1 aromatic carbocycles. The number of nitrogens with zero attached hydrogens (tertiary/aromatic N) is 1. The lowest BCUT2D eigenvalue weighted by Crippen LogP contribution is -2.00. The quantitative estimate of drug-likeness (QED) is 0.827. The molecular weight excluding hydrogens is 192 g/mol. The van der Waals surface area contributed by atoms with E-state index in [1.165, 1.54) is 0 Å². The Morgan fingerprint density at radius 2 is 2.33 bits per heavy atom. The molecule has 0 atom stereocenters. The van der Waals surface area contributed by atoms with Crippen molar-refractivity contribution in [3.05, 3.63) is 24.1 Å². The van der Waals surface area contributed by atoms with Gasteiger partial charge in [0, 0.05) is 12.5 Å². The summed E-state index contributed by atoms with van der Waals surface area (Å²) in [5.41, 5.74) is 7.06. The first-order valence-corrected chi connectivity index (χ1v) is 4.97. The zero-order valence-corrected chi connectivity index (χ0v) is 8.69. The van der Waals surface area contributed by atoms with Crippen LogP contribution in [0.5, 0.6) is 5.75 Å². The molecule has 0 amide bonds.